The molecule has 2 bridgehead atoms. The van der Waals surface area contributed by atoms with Crippen molar-refractivity contribution in [3.8, 4) is 17.2 Å². The molecule has 3 atom stereocenters. The standard InChI is InChI=1S/C26H24F2N6O/c1-14(35)19-9-12-34(33-19)24-29-11-8-21(30-24)26-10-7-16(25(26,2)3)15-13-20(31-32-23(15)26)22-17(27)5-4-6-18(22)28/h4-6,8-9,11-14,16,35H,7,10H2,1-3H3/t14-,16-,26+/m0/s1. The Labute approximate surface area is 200 Å². The first-order chi connectivity index (χ1) is 16.7. The van der Waals surface area contributed by atoms with Crippen molar-refractivity contribution in [2.24, 2.45) is 5.41 Å². The molecule has 178 valence electrons. The summed E-state index contributed by atoms with van der Waals surface area (Å²) in [7, 11) is 0. The van der Waals surface area contributed by atoms with Gasteiger partial charge in [-0.25, -0.2) is 23.4 Å². The zero-order valence-electron chi connectivity index (χ0n) is 19.6. The summed E-state index contributed by atoms with van der Waals surface area (Å²) >= 11 is 0. The third kappa shape index (κ3) is 2.94. The van der Waals surface area contributed by atoms with E-state index in [0.717, 1.165) is 29.8 Å². The molecule has 1 N–H and O–H groups in total. The molecule has 1 saturated carbocycles. The van der Waals surface area contributed by atoms with Gasteiger partial charge in [0.1, 0.15) is 11.6 Å². The molecule has 0 amide bonds. The van der Waals surface area contributed by atoms with Gasteiger partial charge in [0.2, 0.25) is 0 Å². The Hall–Kier alpha value is -3.59. The predicted molar refractivity (Wildman–Crippen MR) is 124 cm³/mol. The fourth-order valence-corrected chi connectivity index (χ4v) is 6.13. The lowest BCUT2D eigenvalue weighted by Crippen LogP contribution is -2.38. The number of benzene rings is 1. The molecule has 1 aromatic carbocycles. The maximum atomic E-state index is 14.5. The van der Waals surface area contributed by atoms with Gasteiger partial charge in [-0.05, 0) is 67.0 Å². The Kier molecular flexibility index (Phi) is 4.67. The number of aromatic nitrogens is 6. The second-order valence-electron chi connectivity index (χ2n) is 9.95. The van der Waals surface area contributed by atoms with Crippen LogP contribution >= 0.6 is 0 Å². The molecule has 9 heteroatoms. The quantitative estimate of drug-likeness (QED) is 0.463. The van der Waals surface area contributed by atoms with E-state index in [2.05, 4.69) is 34.1 Å². The second kappa shape index (κ2) is 7.45. The van der Waals surface area contributed by atoms with Gasteiger partial charge in [0.25, 0.3) is 5.95 Å². The van der Waals surface area contributed by atoms with Crippen molar-refractivity contribution in [2.45, 2.75) is 51.0 Å². The maximum absolute atomic E-state index is 14.5. The molecule has 6 rings (SSSR count). The average molecular weight is 475 g/mol. The molecular weight excluding hydrogens is 450 g/mol. The summed E-state index contributed by atoms with van der Waals surface area (Å²) in [5.74, 6) is -0.777. The highest BCUT2D eigenvalue weighted by atomic mass is 19.1. The fourth-order valence-electron chi connectivity index (χ4n) is 6.13. The van der Waals surface area contributed by atoms with Gasteiger partial charge < -0.3 is 5.11 Å². The van der Waals surface area contributed by atoms with E-state index in [1.807, 2.05) is 6.07 Å². The van der Waals surface area contributed by atoms with Gasteiger partial charge in [-0.3, -0.25) is 0 Å². The van der Waals surface area contributed by atoms with Crippen LogP contribution in [0.2, 0.25) is 0 Å². The van der Waals surface area contributed by atoms with Crippen LogP contribution in [-0.4, -0.2) is 35.1 Å². The molecule has 0 saturated heterocycles. The third-order valence-corrected chi connectivity index (χ3v) is 7.92. The smallest absolute Gasteiger partial charge is 0.250 e. The summed E-state index contributed by atoms with van der Waals surface area (Å²) in [6, 6.07) is 9.21. The fraction of sp³-hybridized carbons (Fsp3) is 0.346. The Balaban J connectivity index is 1.49. The monoisotopic (exact) mass is 474 g/mol. The molecule has 35 heavy (non-hydrogen) atoms. The summed E-state index contributed by atoms with van der Waals surface area (Å²) in [4.78, 5) is 9.29. The second-order valence-corrected chi connectivity index (χ2v) is 9.95. The van der Waals surface area contributed by atoms with E-state index < -0.39 is 23.2 Å². The van der Waals surface area contributed by atoms with E-state index in [9.17, 15) is 13.9 Å². The van der Waals surface area contributed by atoms with Crippen LogP contribution in [0, 0.1) is 17.0 Å². The predicted octanol–water partition coefficient (Wildman–Crippen LogP) is 4.65. The minimum absolute atomic E-state index is 0.145. The number of halogens is 2. The molecule has 3 aromatic heterocycles. The van der Waals surface area contributed by atoms with Crippen molar-refractivity contribution >= 4 is 0 Å². The van der Waals surface area contributed by atoms with Crippen molar-refractivity contribution in [3.05, 3.63) is 83.1 Å². The molecule has 0 spiro atoms. The summed E-state index contributed by atoms with van der Waals surface area (Å²) in [6.07, 6.45) is 4.46. The molecule has 0 aliphatic heterocycles. The van der Waals surface area contributed by atoms with E-state index in [-0.39, 0.29) is 22.6 Å². The Bertz CT molecular complexity index is 1450. The first-order valence-corrected chi connectivity index (χ1v) is 11.6. The molecule has 0 radical (unpaired) electrons. The number of fused-ring (bicyclic) bond motifs is 5. The third-order valence-electron chi connectivity index (χ3n) is 7.92. The molecular formula is C26H24F2N6O. The van der Waals surface area contributed by atoms with Gasteiger partial charge in [0, 0.05) is 12.4 Å². The zero-order chi connectivity index (χ0) is 24.5. The van der Waals surface area contributed by atoms with Gasteiger partial charge in [-0.1, -0.05) is 19.9 Å². The normalized spacial score (nSPS) is 22.9. The van der Waals surface area contributed by atoms with E-state index in [4.69, 9.17) is 4.98 Å². The van der Waals surface area contributed by atoms with Crippen molar-refractivity contribution < 1.29 is 13.9 Å². The summed E-state index contributed by atoms with van der Waals surface area (Å²) in [5, 5.41) is 23.1. The molecule has 2 aliphatic rings. The van der Waals surface area contributed by atoms with Gasteiger partial charge >= 0.3 is 0 Å². The van der Waals surface area contributed by atoms with Gasteiger partial charge in [0.15, 0.2) is 0 Å². The molecule has 4 aromatic rings. The topological polar surface area (TPSA) is 89.6 Å². The van der Waals surface area contributed by atoms with Crippen molar-refractivity contribution in [1.29, 1.82) is 0 Å². The van der Waals surface area contributed by atoms with E-state index in [0.29, 0.717) is 11.6 Å². The first kappa shape index (κ1) is 21.9. The van der Waals surface area contributed by atoms with Crippen LogP contribution in [0.4, 0.5) is 8.78 Å². The molecule has 7 nitrogen and oxygen atoms in total. The lowest BCUT2D eigenvalue weighted by Gasteiger charge is -2.37. The number of aliphatic hydroxyl groups is 1. The van der Waals surface area contributed by atoms with Crippen LogP contribution in [0.3, 0.4) is 0 Å². The number of nitrogens with zero attached hydrogens (tertiary/aromatic N) is 6. The van der Waals surface area contributed by atoms with Crippen molar-refractivity contribution in [1.82, 2.24) is 29.9 Å². The highest BCUT2D eigenvalue weighted by Gasteiger charge is 2.65. The maximum Gasteiger partial charge on any atom is 0.250 e. The lowest BCUT2D eigenvalue weighted by atomic mass is 9.66. The Morgan fingerprint density at radius 3 is 2.60 bits per heavy atom. The number of hydrogen-bond acceptors (Lipinski definition) is 6. The largest absolute Gasteiger partial charge is 0.387 e. The number of hydrogen-bond donors (Lipinski definition) is 1. The average Bonchev–Trinajstić information content (AvgIpc) is 3.48. The summed E-state index contributed by atoms with van der Waals surface area (Å²) in [5.41, 5.74) is 2.36. The number of aliphatic hydroxyl groups excluding tert-OH is 1. The molecule has 3 heterocycles. The van der Waals surface area contributed by atoms with Gasteiger partial charge in [-0.2, -0.15) is 10.2 Å². The van der Waals surface area contributed by atoms with E-state index >= 15 is 0 Å². The van der Waals surface area contributed by atoms with Crippen molar-refractivity contribution in [3.63, 3.8) is 0 Å². The van der Waals surface area contributed by atoms with Crippen LogP contribution < -0.4 is 0 Å². The van der Waals surface area contributed by atoms with E-state index in [1.165, 1.54) is 18.2 Å². The minimum atomic E-state index is -0.696. The van der Waals surface area contributed by atoms with Crippen LogP contribution in [-0.2, 0) is 5.41 Å². The Morgan fingerprint density at radius 2 is 1.89 bits per heavy atom. The van der Waals surface area contributed by atoms with Crippen molar-refractivity contribution in [2.75, 3.05) is 0 Å². The summed E-state index contributed by atoms with van der Waals surface area (Å²) in [6.45, 7) is 6.04. The van der Waals surface area contributed by atoms with Crippen LogP contribution in [0.1, 0.15) is 68.3 Å². The van der Waals surface area contributed by atoms with Gasteiger partial charge in [0.05, 0.1) is 39.9 Å². The SMILES string of the molecule is C[C@H](O)c1ccn(-c2nccc([C@]34CC[C@@H](c5cc(-c6c(F)cccc6F)nnc53)C4(C)C)n2)n1. The van der Waals surface area contributed by atoms with Crippen LogP contribution in [0.5, 0.6) is 0 Å². The summed E-state index contributed by atoms with van der Waals surface area (Å²) < 4.78 is 30.5. The minimum Gasteiger partial charge on any atom is -0.387 e. The highest BCUT2D eigenvalue weighted by Crippen LogP contribution is 2.69. The first-order valence-electron chi connectivity index (χ1n) is 11.6. The Morgan fingerprint density at radius 1 is 1.11 bits per heavy atom. The molecule has 2 aliphatic carbocycles. The van der Waals surface area contributed by atoms with E-state index in [1.54, 1.807) is 36.1 Å². The van der Waals surface area contributed by atoms with Crippen LogP contribution in [0.15, 0.2) is 48.8 Å². The molecule has 1 fully saturated rings. The zero-order valence-corrected chi connectivity index (χ0v) is 19.6. The van der Waals surface area contributed by atoms with Gasteiger partial charge in [-0.15, -0.1) is 5.10 Å². The lowest BCUT2D eigenvalue weighted by molar-refractivity contribution is 0.193. The van der Waals surface area contributed by atoms with Crippen LogP contribution in [0.25, 0.3) is 17.2 Å². The highest BCUT2D eigenvalue weighted by molar-refractivity contribution is 5.64. The number of rotatable bonds is 4. The molecule has 0 unspecified atom stereocenters.